The summed E-state index contributed by atoms with van der Waals surface area (Å²) < 4.78 is 49.6. The van der Waals surface area contributed by atoms with Crippen LogP contribution in [0.4, 0.5) is 30.8 Å². The molecule has 0 aliphatic carbocycles. The molecule has 8 heterocycles. The summed E-state index contributed by atoms with van der Waals surface area (Å²) in [7, 11) is 0. The van der Waals surface area contributed by atoms with Gasteiger partial charge >= 0.3 is 12.2 Å². The van der Waals surface area contributed by atoms with Crippen molar-refractivity contribution >= 4 is 23.5 Å². The minimum Gasteiger partial charge on any atom is -0.493 e. The zero-order chi connectivity index (χ0) is 31.8. The first-order valence-corrected chi connectivity index (χ1v) is 15.1. The summed E-state index contributed by atoms with van der Waals surface area (Å²) in [5, 5.41) is 6.03. The quantitative estimate of drug-likeness (QED) is 0.389. The average molecular weight is 626 g/mol. The van der Waals surface area contributed by atoms with Crippen LogP contribution >= 0.6 is 0 Å². The SMILES string of the molecule is C[C@@H]1COc2ccc(cc2)CNc2nc(nc(OCC(F)(F)F)n2)Nc2ccc(cc2)C(=O)N2CC3(C)CN(C1)CC(C)(C2)C3. The first kappa shape index (κ1) is 30.9. The molecule has 10 nitrogen and oxygen atoms in total. The van der Waals surface area contributed by atoms with Crippen molar-refractivity contribution in [1.82, 2.24) is 24.8 Å². The van der Waals surface area contributed by atoms with Gasteiger partial charge in [0.25, 0.3) is 5.91 Å². The van der Waals surface area contributed by atoms with Gasteiger partial charge in [-0.25, -0.2) is 0 Å². The summed E-state index contributed by atoms with van der Waals surface area (Å²) in [4.78, 5) is 30.6. The summed E-state index contributed by atoms with van der Waals surface area (Å²) in [6, 6.07) is 14.0. The molecule has 2 aromatic carbocycles. The lowest BCUT2D eigenvalue weighted by Gasteiger charge is -2.57. The summed E-state index contributed by atoms with van der Waals surface area (Å²) in [6.45, 7) is 10.2. The number of ether oxygens (including phenoxy) is 2. The van der Waals surface area contributed by atoms with Crippen LogP contribution in [0.2, 0.25) is 0 Å². The highest BCUT2D eigenvalue weighted by molar-refractivity contribution is 5.94. The van der Waals surface area contributed by atoms with Gasteiger partial charge in [0.2, 0.25) is 11.9 Å². The van der Waals surface area contributed by atoms with Gasteiger partial charge in [-0.2, -0.15) is 28.1 Å². The molecule has 1 aromatic heterocycles. The van der Waals surface area contributed by atoms with Crippen LogP contribution in [-0.2, 0) is 6.54 Å². The largest absolute Gasteiger partial charge is 0.493 e. The molecule has 0 saturated carbocycles. The minimum atomic E-state index is -4.56. The molecule has 2 fully saturated rings. The fourth-order valence-corrected chi connectivity index (χ4v) is 7.07. The van der Waals surface area contributed by atoms with Crippen molar-refractivity contribution in [2.45, 2.75) is 39.9 Å². The summed E-state index contributed by atoms with van der Waals surface area (Å²) in [5.41, 5.74) is 1.96. The zero-order valence-electron chi connectivity index (χ0n) is 25.7. The van der Waals surface area contributed by atoms with E-state index < -0.39 is 18.8 Å². The Labute approximate surface area is 260 Å². The molecule has 2 N–H and O–H groups in total. The van der Waals surface area contributed by atoms with Crippen molar-refractivity contribution in [3.8, 4) is 11.8 Å². The lowest BCUT2D eigenvalue weighted by Crippen LogP contribution is -2.63. The highest BCUT2D eigenvalue weighted by atomic mass is 19.4. The molecule has 0 spiro atoms. The van der Waals surface area contributed by atoms with Gasteiger partial charge in [0.1, 0.15) is 5.75 Å². The molecule has 240 valence electrons. The van der Waals surface area contributed by atoms with E-state index in [9.17, 15) is 18.0 Å². The predicted molar refractivity (Wildman–Crippen MR) is 163 cm³/mol. The third kappa shape index (κ3) is 7.75. The maximum absolute atomic E-state index is 13.7. The van der Waals surface area contributed by atoms with E-state index in [1.807, 2.05) is 29.2 Å². The van der Waals surface area contributed by atoms with Crippen LogP contribution in [0.1, 0.15) is 43.1 Å². The first-order chi connectivity index (χ1) is 21.3. The van der Waals surface area contributed by atoms with E-state index in [0.717, 1.165) is 37.4 Å². The molecule has 0 radical (unpaired) electrons. The normalized spacial score (nSPS) is 27.0. The Kier molecular flexibility index (Phi) is 8.23. The molecule has 10 bridgehead atoms. The maximum atomic E-state index is 13.7. The number of piperidine rings is 2. The van der Waals surface area contributed by atoms with Gasteiger partial charge in [-0.1, -0.05) is 32.9 Å². The Morgan fingerprint density at radius 3 is 2.29 bits per heavy atom. The molecule has 3 aromatic rings. The second kappa shape index (κ2) is 12.0. The molecule has 45 heavy (non-hydrogen) atoms. The standard InChI is InChI=1S/C32H38F3N7O3/c1-21-13-41-16-30(2)15-31(3,17-41)19-42(18-30)26(43)23-6-8-24(9-7-23)37-28-38-27(39-29(40-28)45-20-32(33,34)35)36-12-22-4-10-25(11-5-22)44-14-21/h4-11,21H,12-20H2,1-3H3,(H2,36,37,38,39,40)/t21-,30?,31?/m0/s1. The number of rotatable bonds is 2. The number of amides is 1. The van der Waals surface area contributed by atoms with Gasteiger partial charge < -0.3 is 29.9 Å². The number of halogens is 3. The van der Waals surface area contributed by atoms with E-state index in [-0.39, 0.29) is 28.6 Å². The zero-order valence-corrected chi connectivity index (χ0v) is 25.7. The number of hydrogen-bond acceptors (Lipinski definition) is 9. The van der Waals surface area contributed by atoms with Crippen molar-refractivity contribution in [3.63, 3.8) is 0 Å². The van der Waals surface area contributed by atoms with Crippen molar-refractivity contribution in [3.05, 3.63) is 59.7 Å². The number of benzene rings is 2. The summed E-state index contributed by atoms with van der Waals surface area (Å²) >= 11 is 0. The predicted octanol–water partition coefficient (Wildman–Crippen LogP) is 5.37. The molecule has 13 heteroatoms. The molecule has 10 rings (SSSR count). The summed E-state index contributed by atoms with van der Waals surface area (Å²) in [5.74, 6) is 1.06. The fourth-order valence-electron chi connectivity index (χ4n) is 7.07. The molecule has 2 saturated heterocycles. The second-order valence-electron chi connectivity index (χ2n) is 13.4. The van der Waals surface area contributed by atoms with Gasteiger partial charge in [-0.15, -0.1) is 0 Å². The molecule has 7 aliphatic rings. The van der Waals surface area contributed by atoms with Crippen molar-refractivity contribution in [2.75, 3.05) is 56.6 Å². The number of carbonyl (C=O) groups excluding carboxylic acids is 1. The number of aromatic nitrogens is 3. The topological polar surface area (TPSA) is 105 Å². The first-order valence-electron chi connectivity index (χ1n) is 15.1. The van der Waals surface area contributed by atoms with Crippen LogP contribution < -0.4 is 20.1 Å². The van der Waals surface area contributed by atoms with Gasteiger partial charge in [-0.05, 0) is 59.2 Å². The van der Waals surface area contributed by atoms with E-state index in [1.54, 1.807) is 24.3 Å². The molecule has 2 unspecified atom stereocenters. The van der Waals surface area contributed by atoms with Gasteiger partial charge in [0, 0.05) is 56.4 Å². The van der Waals surface area contributed by atoms with E-state index in [1.165, 1.54) is 0 Å². The van der Waals surface area contributed by atoms with Crippen LogP contribution in [0.25, 0.3) is 0 Å². The van der Waals surface area contributed by atoms with E-state index >= 15 is 0 Å². The van der Waals surface area contributed by atoms with Crippen molar-refractivity contribution in [2.24, 2.45) is 16.7 Å². The molecule has 3 atom stereocenters. The van der Waals surface area contributed by atoms with Crippen LogP contribution in [0.3, 0.4) is 0 Å². The Hall–Kier alpha value is -4.13. The average Bonchev–Trinajstić information content (AvgIpc) is 2.96. The molecular formula is C32H38F3N7O3. The van der Waals surface area contributed by atoms with E-state index in [0.29, 0.717) is 43.4 Å². The Morgan fingerprint density at radius 1 is 0.956 bits per heavy atom. The number of carbonyl (C=O) groups is 1. The van der Waals surface area contributed by atoms with Crippen LogP contribution in [0.15, 0.2) is 48.5 Å². The second-order valence-corrected chi connectivity index (χ2v) is 13.4. The van der Waals surface area contributed by atoms with Crippen molar-refractivity contribution < 1.29 is 27.4 Å². The summed E-state index contributed by atoms with van der Waals surface area (Å²) in [6.07, 6.45) is -3.49. The highest BCUT2D eigenvalue weighted by Crippen LogP contribution is 2.46. The van der Waals surface area contributed by atoms with Gasteiger partial charge in [0.05, 0.1) is 6.61 Å². The van der Waals surface area contributed by atoms with Crippen LogP contribution in [-0.4, -0.2) is 82.8 Å². The van der Waals surface area contributed by atoms with Crippen LogP contribution in [0, 0.1) is 16.7 Å². The Bertz CT molecular complexity index is 1500. The number of nitrogens with zero attached hydrogens (tertiary/aromatic N) is 5. The molecule has 7 aliphatic heterocycles. The lowest BCUT2D eigenvalue weighted by molar-refractivity contribution is -0.154. The number of nitrogens with one attached hydrogen (secondary N) is 2. The lowest BCUT2D eigenvalue weighted by atomic mass is 9.65. The smallest absolute Gasteiger partial charge is 0.422 e. The number of hydrogen-bond donors (Lipinski definition) is 2. The highest BCUT2D eigenvalue weighted by Gasteiger charge is 2.49. The van der Waals surface area contributed by atoms with Gasteiger partial charge in [0.15, 0.2) is 6.61 Å². The van der Waals surface area contributed by atoms with E-state index in [4.69, 9.17) is 9.47 Å². The third-order valence-electron chi connectivity index (χ3n) is 8.34. The molecular weight excluding hydrogens is 587 g/mol. The van der Waals surface area contributed by atoms with E-state index in [2.05, 4.69) is 51.3 Å². The third-order valence-corrected chi connectivity index (χ3v) is 8.34. The minimum absolute atomic E-state index is 0.00895. The van der Waals surface area contributed by atoms with Crippen LogP contribution in [0.5, 0.6) is 11.8 Å². The Balaban J connectivity index is 1.29. The number of alkyl halides is 3. The number of anilines is 3. The van der Waals surface area contributed by atoms with Gasteiger partial charge in [-0.3, -0.25) is 4.79 Å². The maximum Gasteiger partial charge on any atom is 0.422 e. The molecule has 1 amide bonds. The fraction of sp³-hybridized carbons (Fsp3) is 0.500. The monoisotopic (exact) mass is 625 g/mol. The Morgan fingerprint density at radius 2 is 1.62 bits per heavy atom. The van der Waals surface area contributed by atoms with Crippen molar-refractivity contribution in [1.29, 1.82) is 0 Å².